The summed E-state index contributed by atoms with van der Waals surface area (Å²) in [6.07, 6.45) is 0. The van der Waals surface area contributed by atoms with Gasteiger partial charge < -0.3 is 14.4 Å². The average molecular weight is 440 g/mol. The molecule has 0 bridgehead atoms. The number of carbonyl (C=O) groups excluding carboxylic acids is 1. The zero-order chi connectivity index (χ0) is 20.3. The Labute approximate surface area is 172 Å². The van der Waals surface area contributed by atoms with Crippen LogP contribution in [0.5, 0.6) is 0 Å². The van der Waals surface area contributed by atoms with Crippen molar-refractivity contribution in [3.05, 3.63) is 75.5 Å². The van der Waals surface area contributed by atoms with E-state index < -0.39 is 16.3 Å². The van der Waals surface area contributed by atoms with Crippen LogP contribution in [0.2, 0.25) is 10.0 Å². The Morgan fingerprint density at radius 2 is 1.86 bits per heavy atom. The number of hydrogen-bond donors (Lipinski definition) is 2. The third-order valence-corrected chi connectivity index (χ3v) is 5.90. The number of anilines is 1. The lowest BCUT2D eigenvalue weighted by atomic mass is 10.2. The van der Waals surface area contributed by atoms with Crippen LogP contribution in [0.15, 0.2) is 57.9 Å². The minimum absolute atomic E-state index is 0.0291. The third kappa shape index (κ3) is 4.98. The lowest BCUT2D eigenvalue weighted by Gasteiger charge is -2.15. The van der Waals surface area contributed by atoms with E-state index in [1.807, 2.05) is 0 Å². The van der Waals surface area contributed by atoms with Crippen molar-refractivity contribution in [3.8, 4) is 0 Å². The van der Waals surface area contributed by atoms with Crippen molar-refractivity contribution in [1.82, 2.24) is 9.88 Å². The van der Waals surface area contributed by atoms with Crippen LogP contribution in [0, 0.1) is 6.92 Å². The molecule has 10 heteroatoms. The van der Waals surface area contributed by atoms with Gasteiger partial charge >= 0.3 is 0 Å². The molecule has 1 atom stereocenters. The van der Waals surface area contributed by atoms with E-state index in [4.69, 9.17) is 27.7 Å². The van der Waals surface area contributed by atoms with Crippen molar-refractivity contribution in [2.75, 3.05) is 5.32 Å². The van der Waals surface area contributed by atoms with Crippen molar-refractivity contribution in [1.29, 1.82) is 0 Å². The summed E-state index contributed by atoms with van der Waals surface area (Å²) in [5.74, 6) is 0.410. The van der Waals surface area contributed by atoms with Gasteiger partial charge in [0.2, 0.25) is 0 Å². The standard InChI is InChI=1S/C18H15Cl2N3O4S/c1-11-8-17(23-27-11)22-18(24)13-3-5-14(6-4-13)28(25,26)21-10-12-2-7-15(19)16(20)9-12/h2-9H,10H2,1H3,(H2-,21,22,23,24,25,26). The Morgan fingerprint density at radius 3 is 2.46 bits per heavy atom. The third-order valence-electron chi connectivity index (χ3n) is 3.75. The highest BCUT2D eigenvalue weighted by molar-refractivity contribution is 7.95. The molecule has 0 aliphatic heterocycles. The van der Waals surface area contributed by atoms with Gasteiger partial charge in [-0.25, -0.2) is 0 Å². The highest BCUT2D eigenvalue weighted by atomic mass is 35.5. The molecule has 0 spiro atoms. The van der Waals surface area contributed by atoms with Gasteiger partial charge in [0, 0.05) is 11.6 Å². The molecule has 1 unspecified atom stereocenters. The number of benzene rings is 2. The lowest BCUT2D eigenvalue weighted by molar-refractivity contribution is 0.102. The zero-order valence-electron chi connectivity index (χ0n) is 14.6. The molecule has 1 amide bonds. The first-order chi connectivity index (χ1) is 13.2. The molecule has 0 saturated heterocycles. The van der Waals surface area contributed by atoms with Crippen LogP contribution >= 0.6 is 23.2 Å². The summed E-state index contributed by atoms with van der Waals surface area (Å²) >= 11 is 11.8. The normalized spacial score (nSPS) is 13.1. The van der Waals surface area contributed by atoms with E-state index in [1.54, 1.807) is 31.2 Å². The molecule has 3 aromatic rings. The monoisotopic (exact) mass is 439 g/mol. The van der Waals surface area contributed by atoms with E-state index in [0.717, 1.165) is 0 Å². The van der Waals surface area contributed by atoms with E-state index in [1.165, 1.54) is 24.3 Å². The molecular weight excluding hydrogens is 425 g/mol. The van der Waals surface area contributed by atoms with Crippen LogP contribution in [-0.2, 0) is 21.2 Å². The highest BCUT2D eigenvalue weighted by Gasteiger charge is 2.20. The fraction of sp³-hybridized carbons (Fsp3) is 0.111. The van der Waals surface area contributed by atoms with Gasteiger partial charge in [-0.1, -0.05) is 38.6 Å². The fourth-order valence-corrected chi connectivity index (χ4v) is 3.65. The van der Waals surface area contributed by atoms with Crippen LogP contribution in [0.1, 0.15) is 21.7 Å². The average Bonchev–Trinajstić information content (AvgIpc) is 3.07. The second kappa shape index (κ2) is 8.42. The summed E-state index contributed by atoms with van der Waals surface area (Å²) in [6, 6.07) is 12.0. The summed E-state index contributed by atoms with van der Waals surface area (Å²) in [5.41, 5.74) is 0.945. The fourth-order valence-electron chi connectivity index (χ4n) is 2.31. The Morgan fingerprint density at radius 1 is 1.14 bits per heavy atom. The number of hydrogen-bond acceptors (Lipinski definition) is 5. The summed E-state index contributed by atoms with van der Waals surface area (Å²) in [6.45, 7) is 1.75. The van der Waals surface area contributed by atoms with Gasteiger partial charge in [0.25, 0.3) is 5.91 Å². The summed E-state index contributed by atoms with van der Waals surface area (Å²) in [5, 5.41) is 6.97. The molecule has 0 radical (unpaired) electrons. The van der Waals surface area contributed by atoms with E-state index in [-0.39, 0.29) is 22.8 Å². The van der Waals surface area contributed by atoms with Crippen molar-refractivity contribution < 1.29 is 18.1 Å². The first-order valence-electron chi connectivity index (χ1n) is 8.03. The maximum atomic E-state index is 12.4. The molecule has 0 aliphatic carbocycles. The molecule has 3 rings (SSSR count). The number of aryl methyl sites for hydroxylation is 1. The number of aromatic nitrogens is 1. The van der Waals surface area contributed by atoms with Crippen molar-refractivity contribution in [2.24, 2.45) is 0 Å². The van der Waals surface area contributed by atoms with E-state index >= 15 is 0 Å². The van der Waals surface area contributed by atoms with Gasteiger partial charge in [-0.05, 0) is 48.9 Å². The lowest BCUT2D eigenvalue weighted by Crippen LogP contribution is -2.29. The highest BCUT2D eigenvalue weighted by Crippen LogP contribution is 2.23. The van der Waals surface area contributed by atoms with Crippen LogP contribution in [0.3, 0.4) is 0 Å². The van der Waals surface area contributed by atoms with Crippen LogP contribution in [-0.4, -0.2) is 15.6 Å². The topological polar surface area (TPSA) is 107 Å². The quantitative estimate of drug-likeness (QED) is 0.558. The second-order valence-electron chi connectivity index (χ2n) is 5.87. The molecular formula is C18H15Cl2N3O4S. The number of rotatable bonds is 6. The maximum Gasteiger partial charge on any atom is 0.256 e. The largest absolute Gasteiger partial charge is 0.593 e. The van der Waals surface area contributed by atoms with E-state index in [0.29, 0.717) is 21.4 Å². The molecule has 1 heterocycles. The minimum atomic E-state index is -3.76. The van der Waals surface area contributed by atoms with Gasteiger partial charge in [-0.3, -0.25) is 4.79 Å². The summed E-state index contributed by atoms with van der Waals surface area (Å²) in [7, 11) is -3.76. The smallest absolute Gasteiger partial charge is 0.256 e. The zero-order valence-corrected chi connectivity index (χ0v) is 16.9. The van der Waals surface area contributed by atoms with Gasteiger partial charge in [-0.2, -0.15) is 0 Å². The summed E-state index contributed by atoms with van der Waals surface area (Å²) < 4.78 is 32.2. The van der Waals surface area contributed by atoms with Gasteiger partial charge in [0.15, 0.2) is 21.1 Å². The second-order valence-corrected chi connectivity index (χ2v) is 8.46. The van der Waals surface area contributed by atoms with Crippen molar-refractivity contribution in [3.63, 3.8) is 0 Å². The van der Waals surface area contributed by atoms with Crippen LogP contribution < -0.4 is 10.0 Å². The number of nitrogens with zero attached hydrogens (tertiary/aromatic N) is 1. The molecule has 28 heavy (non-hydrogen) atoms. The number of sulfonamides is 1. The van der Waals surface area contributed by atoms with Gasteiger partial charge in [0.1, 0.15) is 5.76 Å². The van der Waals surface area contributed by atoms with Crippen molar-refractivity contribution >= 4 is 45.3 Å². The molecule has 1 aromatic heterocycles. The van der Waals surface area contributed by atoms with E-state index in [2.05, 4.69) is 15.2 Å². The Bertz CT molecular complexity index is 1050. The molecule has 2 aromatic carbocycles. The molecule has 0 saturated carbocycles. The van der Waals surface area contributed by atoms with E-state index in [9.17, 15) is 13.6 Å². The maximum absolute atomic E-state index is 12.4. The molecule has 2 N–H and O–H groups in total. The number of amides is 1. The number of nitrogens with one attached hydrogen (secondary N) is 2. The Balaban J connectivity index is 1.66. The first-order valence-corrected chi connectivity index (χ1v) is 10.3. The Kier molecular flexibility index (Phi) is 6.17. The first kappa shape index (κ1) is 20.5. The predicted molar refractivity (Wildman–Crippen MR) is 106 cm³/mol. The van der Waals surface area contributed by atoms with Crippen LogP contribution in [0.4, 0.5) is 5.82 Å². The molecule has 7 nitrogen and oxygen atoms in total. The number of halogens is 2. The molecule has 0 fully saturated rings. The van der Waals surface area contributed by atoms with Crippen molar-refractivity contribution in [2.45, 2.75) is 18.4 Å². The predicted octanol–water partition coefficient (Wildman–Crippen LogP) is 4.24. The summed E-state index contributed by atoms with van der Waals surface area (Å²) in [4.78, 5) is 12.2. The number of carbonyl (C=O) groups is 1. The molecule has 0 aliphatic rings. The minimum Gasteiger partial charge on any atom is -0.593 e. The van der Waals surface area contributed by atoms with Gasteiger partial charge in [0.05, 0.1) is 16.6 Å². The SMILES string of the molecule is Cc1cc(NC(=O)c2ccc([S+](=O)([O-])NCc3ccc(Cl)c(Cl)c3)cc2)no1. The molecule has 146 valence electrons. The Hall–Kier alpha value is -2.23. The van der Waals surface area contributed by atoms with Gasteiger partial charge in [-0.15, -0.1) is 4.72 Å². The van der Waals surface area contributed by atoms with Crippen LogP contribution in [0.25, 0.3) is 0 Å².